The molecule has 128 valence electrons. The molecule has 1 unspecified atom stereocenters. The number of aromatic amines is 2. The lowest BCUT2D eigenvalue weighted by Gasteiger charge is -2.31. The second kappa shape index (κ2) is 6.02. The number of imidazole rings is 1. The Balaban J connectivity index is 1.70. The van der Waals surface area contributed by atoms with Gasteiger partial charge >= 0.3 is 5.97 Å². The number of nitrogens with zero attached hydrogens (tertiary/aromatic N) is 2. The Morgan fingerprint density at radius 2 is 2.24 bits per heavy atom. The second-order valence-electron chi connectivity index (χ2n) is 6.08. The molecule has 1 aromatic carbocycles. The molecular formula is C17H15ClN4O3. The summed E-state index contributed by atoms with van der Waals surface area (Å²) in [6, 6.07) is 5.74. The van der Waals surface area contributed by atoms with Gasteiger partial charge in [0.2, 0.25) is 0 Å². The zero-order chi connectivity index (χ0) is 17.6. The molecule has 0 spiro atoms. The smallest absolute Gasteiger partial charge is 0.327 e. The normalized spacial score (nSPS) is 17.6. The summed E-state index contributed by atoms with van der Waals surface area (Å²) < 4.78 is 0. The Morgan fingerprint density at radius 3 is 3.04 bits per heavy atom. The lowest BCUT2D eigenvalue weighted by atomic mass is 10.0. The number of carbonyl (C=O) groups is 1. The third kappa shape index (κ3) is 2.81. The molecule has 3 heterocycles. The van der Waals surface area contributed by atoms with Gasteiger partial charge in [-0.15, -0.1) is 0 Å². The molecule has 0 saturated carbocycles. The van der Waals surface area contributed by atoms with E-state index in [-0.39, 0.29) is 5.43 Å². The van der Waals surface area contributed by atoms with Crippen molar-refractivity contribution in [3.8, 4) is 0 Å². The van der Waals surface area contributed by atoms with Gasteiger partial charge in [0.05, 0.1) is 12.0 Å². The first-order valence-electron chi connectivity index (χ1n) is 7.83. The third-order valence-electron chi connectivity index (χ3n) is 4.48. The van der Waals surface area contributed by atoms with Crippen molar-refractivity contribution < 1.29 is 9.90 Å². The first-order chi connectivity index (χ1) is 12.0. The number of benzene rings is 1. The summed E-state index contributed by atoms with van der Waals surface area (Å²) in [5, 5.41) is 10.6. The van der Waals surface area contributed by atoms with Crippen LogP contribution in [0.1, 0.15) is 23.1 Å². The van der Waals surface area contributed by atoms with Crippen LogP contribution in [0.5, 0.6) is 0 Å². The molecule has 0 amide bonds. The van der Waals surface area contributed by atoms with E-state index in [1.807, 2.05) is 0 Å². The van der Waals surface area contributed by atoms with E-state index < -0.39 is 12.0 Å². The highest BCUT2D eigenvalue weighted by molar-refractivity contribution is 6.31. The lowest BCUT2D eigenvalue weighted by Crippen LogP contribution is -2.39. The van der Waals surface area contributed by atoms with Gasteiger partial charge in [-0.1, -0.05) is 11.6 Å². The molecule has 1 aliphatic rings. The second-order valence-corrected chi connectivity index (χ2v) is 6.51. The van der Waals surface area contributed by atoms with E-state index in [9.17, 15) is 14.7 Å². The molecule has 25 heavy (non-hydrogen) atoms. The van der Waals surface area contributed by atoms with Crippen molar-refractivity contribution in [3.05, 3.63) is 62.9 Å². The number of carboxylic acids is 1. The summed E-state index contributed by atoms with van der Waals surface area (Å²) in [4.78, 5) is 36.2. The van der Waals surface area contributed by atoms with E-state index in [4.69, 9.17) is 11.6 Å². The van der Waals surface area contributed by atoms with Crippen LogP contribution in [0.4, 0.5) is 0 Å². The fraction of sp³-hybridized carbons (Fsp3) is 0.235. The van der Waals surface area contributed by atoms with Gasteiger partial charge in [0, 0.05) is 52.9 Å². The maximum absolute atomic E-state index is 12.3. The third-order valence-corrected chi connectivity index (χ3v) is 4.71. The Labute approximate surface area is 147 Å². The highest BCUT2D eigenvalue weighted by Crippen LogP contribution is 2.28. The van der Waals surface area contributed by atoms with E-state index in [1.165, 1.54) is 12.4 Å². The molecule has 0 bridgehead atoms. The van der Waals surface area contributed by atoms with E-state index in [0.717, 1.165) is 5.69 Å². The number of pyridine rings is 1. The first-order valence-corrected chi connectivity index (χ1v) is 8.21. The van der Waals surface area contributed by atoms with Crippen LogP contribution in [0.2, 0.25) is 5.02 Å². The highest BCUT2D eigenvalue weighted by atomic mass is 35.5. The average molecular weight is 359 g/mol. The zero-order valence-corrected chi connectivity index (χ0v) is 13.9. The Kier molecular flexibility index (Phi) is 3.82. The lowest BCUT2D eigenvalue weighted by molar-refractivity contribution is -0.144. The van der Waals surface area contributed by atoms with Crippen molar-refractivity contribution >= 4 is 28.5 Å². The molecule has 2 aromatic heterocycles. The number of aliphatic carboxylic acids is 1. The van der Waals surface area contributed by atoms with Crippen LogP contribution in [0, 0.1) is 0 Å². The van der Waals surface area contributed by atoms with Gasteiger partial charge in [-0.05, 0) is 18.2 Å². The van der Waals surface area contributed by atoms with Gasteiger partial charge in [-0.2, -0.15) is 0 Å². The molecule has 8 heteroatoms. The fourth-order valence-corrected chi connectivity index (χ4v) is 3.52. The predicted molar refractivity (Wildman–Crippen MR) is 92.7 cm³/mol. The predicted octanol–water partition coefficient (Wildman–Crippen LogP) is 2.09. The van der Waals surface area contributed by atoms with Crippen LogP contribution in [0.25, 0.3) is 10.9 Å². The van der Waals surface area contributed by atoms with Crippen molar-refractivity contribution in [3.63, 3.8) is 0 Å². The van der Waals surface area contributed by atoms with Crippen LogP contribution < -0.4 is 5.43 Å². The van der Waals surface area contributed by atoms with E-state index >= 15 is 0 Å². The molecule has 0 radical (unpaired) electrons. The summed E-state index contributed by atoms with van der Waals surface area (Å²) in [5.74, 6) is -0.956. The molecule has 0 fully saturated rings. The monoisotopic (exact) mass is 358 g/mol. The number of carboxylic acid groups (broad SMARTS) is 1. The molecule has 0 aliphatic carbocycles. The first kappa shape index (κ1) is 15.9. The van der Waals surface area contributed by atoms with Crippen molar-refractivity contribution in [2.45, 2.75) is 19.0 Å². The van der Waals surface area contributed by atoms with Gasteiger partial charge in [0.25, 0.3) is 0 Å². The van der Waals surface area contributed by atoms with Gasteiger partial charge in [0.1, 0.15) is 0 Å². The van der Waals surface area contributed by atoms with Crippen LogP contribution in [0.3, 0.4) is 0 Å². The number of hydrogen-bond acceptors (Lipinski definition) is 4. The average Bonchev–Trinajstić information content (AvgIpc) is 3.03. The number of H-pyrrole nitrogens is 2. The standard InChI is InChI=1S/C17H15ClN4O3/c18-9-1-2-12-11(5-9)14(23)6-10(21-12)7-22-4-3-13-15(20-8-19-13)16(22)17(24)25/h1-2,5-6,8,16H,3-4,7H2,(H,19,20)(H,21,23)(H,24,25). The summed E-state index contributed by atoms with van der Waals surface area (Å²) >= 11 is 5.94. The Bertz CT molecular complexity index is 1030. The topological polar surface area (TPSA) is 102 Å². The van der Waals surface area contributed by atoms with Crippen LogP contribution in [-0.4, -0.2) is 37.5 Å². The number of aromatic nitrogens is 3. The van der Waals surface area contributed by atoms with E-state index in [2.05, 4.69) is 15.0 Å². The molecule has 3 N–H and O–H groups in total. The number of rotatable bonds is 3. The summed E-state index contributed by atoms with van der Waals surface area (Å²) in [6.45, 7) is 0.879. The largest absolute Gasteiger partial charge is 0.480 e. The highest BCUT2D eigenvalue weighted by Gasteiger charge is 2.35. The number of hydrogen-bond donors (Lipinski definition) is 3. The maximum atomic E-state index is 12.3. The molecule has 1 aliphatic heterocycles. The minimum atomic E-state index is -0.956. The summed E-state index contributed by atoms with van der Waals surface area (Å²) in [7, 11) is 0. The van der Waals surface area contributed by atoms with Crippen LogP contribution in [0.15, 0.2) is 35.4 Å². The van der Waals surface area contributed by atoms with Gasteiger partial charge in [0.15, 0.2) is 11.5 Å². The molecule has 3 aromatic rings. The van der Waals surface area contributed by atoms with Gasteiger partial charge in [-0.25, -0.2) is 4.98 Å². The molecule has 4 rings (SSSR count). The molecular weight excluding hydrogens is 344 g/mol. The molecule has 1 atom stereocenters. The fourth-order valence-electron chi connectivity index (χ4n) is 3.35. The van der Waals surface area contributed by atoms with Crippen molar-refractivity contribution in [2.75, 3.05) is 6.54 Å². The minimum Gasteiger partial charge on any atom is -0.480 e. The van der Waals surface area contributed by atoms with Crippen LogP contribution in [-0.2, 0) is 17.8 Å². The number of halogens is 1. The minimum absolute atomic E-state index is 0.143. The van der Waals surface area contributed by atoms with Crippen molar-refractivity contribution in [2.24, 2.45) is 0 Å². The van der Waals surface area contributed by atoms with Crippen molar-refractivity contribution in [1.29, 1.82) is 0 Å². The SMILES string of the molecule is O=C(O)C1c2nc[nH]c2CCN1Cc1cc(=O)c2cc(Cl)ccc2[nH]1. The van der Waals surface area contributed by atoms with Gasteiger partial charge < -0.3 is 15.1 Å². The Morgan fingerprint density at radius 1 is 1.40 bits per heavy atom. The van der Waals surface area contributed by atoms with Crippen molar-refractivity contribution in [1.82, 2.24) is 19.9 Å². The quantitative estimate of drug-likeness (QED) is 0.665. The summed E-state index contributed by atoms with van der Waals surface area (Å²) in [5.41, 5.74) is 2.58. The van der Waals surface area contributed by atoms with Gasteiger partial charge in [-0.3, -0.25) is 14.5 Å². The number of fused-ring (bicyclic) bond motifs is 2. The van der Waals surface area contributed by atoms with Crippen LogP contribution >= 0.6 is 11.6 Å². The summed E-state index contributed by atoms with van der Waals surface area (Å²) in [6.07, 6.45) is 2.21. The molecule has 0 saturated heterocycles. The molecule has 7 nitrogen and oxygen atoms in total. The van der Waals surface area contributed by atoms with E-state index in [1.54, 1.807) is 23.1 Å². The Hall–Kier alpha value is -2.64. The maximum Gasteiger partial charge on any atom is 0.327 e. The zero-order valence-electron chi connectivity index (χ0n) is 13.1. The number of nitrogens with one attached hydrogen (secondary N) is 2. The van der Waals surface area contributed by atoms with E-state index in [0.29, 0.717) is 46.8 Å².